The third kappa shape index (κ3) is 7.44. The van der Waals surface area contributed by atoms with E-state index in [-0.39, 0.29) is 17.5 Å². The van der Waals surface area contributed by atoms with E-state index in [1.54, 1.807) is 0 Å². The normalized spacial score (nSPS) is 10.1. The molecule has 1 rings (SSSR count). The monoisotopic (exact) mass is 322 g/mol. The first kappa shape index (κ1) is 18.7. The highest BCUT2D eigenvalue weighted by molar-refractivity contribution is 5.92. The molecule has 0 aliphatic carbocycles. The molecule has 0 atom stereocenters. The number of unbranched alkanes of at least 4 members (excludes halogenated alkanes) is 5. The summed E-state index contributed by atoms with van der Waals surface area (Å²) >= 11 is 0. The molecule has 0 aromatic heterocycles. The van der Waals surface area contributed by atoms with Crippen molar-refractivity contribution in [2.24, 2.45) is 0 Å². The average molecular weight is 322 g/mol. The molecule has 0 heterocycles. The van der Waals surface area contributed by atoms with Crippen molar-refractivity contribution in [3.05, 3.63) is 35.4 Å². The van der Waals surface area contributed by atoms with Gasteiger partial charge in [-0.25, -0.2) is 24.2 Å². The van der Waals surface area contributed by atoms with Gasteiger partial charge in [-0.15, -0.1) is 0 Å². The van der Waals surface area contributed by atoms with Gasteiger partial charge in [-0.3, -0.25) is 0 Å². The Labute approximate surface area is 135 Å². The van der Waals surface area contributed by atoms with Crippen molar-refractivity contribution in [2.75, 3.05) is 0 Å². The summed E-state index contributed by atoms with van der Waals surface area (Å²) in [6, 6.07) is 5.15. The van der Waals surface area contributed by atoms with E-state index < -0.39 is 17.9 Å². The molecule has 0 aliphatic rings. The van der Waals surface area contributed by atoms with Gasteiger partial charge < -0.3 is 5.11 Å². The second-order valence-corrected chi connectivity index (χ2v) is 5.23. The molecule has 1 N–H and O–H groups in total. The van der Waals surface area contributed by atoms with Crippen molar-refractivity contribution in [2.45, 2.75) is 51.9 Å². The van der Waals surface area contributed by atoms with Gasteiger partial charge in [0.05, 0.1) is 17.5 Å². The number of rotatable bonds is 9. The minimum Gasteiger partial charge on any atom is -0.478 e. The number of carboxylic acids is 1. The van der Waals surface area contributed by atoms with Crippen LogP contribution in [0, 0.1) is 0 Å². The number of carboxylic acid groups (broad SMARTS) is 1. The van der Waals surface area contributed by atoms with Gasteiger partial charge in [-0.05, 0) is 30.7 Å². The third-order valence-electron chi connectivity index (χ3n) is 3.31. The predicted molar refractivity (Wildman–Crippen MR) is 82.9 cm³/mol. The molecule has 0 bridgehead atoms. The van der Waals surface area contributed by atoms with Gasteiger partial charge in [0, 0.05) is 0 Å². The fourth-order valence-electron chi connectivity index (χ4n) is 1.97. The van der Waals surface area contributed by atoms with Gasteiger partial charge in [-0.1, -0.05) is 39.0 Å². The standard InChI is InChI=1S/C17H22O6/c1-2-3-4-5-6-7-8-15(18)22-23-17(21)14-11-9-13(10-12-14)16(19)20/h9-12H,2-8H2,1H3,(H,19,20). The number of benzene rings is 1. The summed E-state index contributed by atoms with van der Waals surface area (Å²) in [6.07, 6.45) is 6.46. The van der Waals surface area contributed by atoms with Crippen molar-refractivity contribution >= 4 is 17.9 Å². The van der Waals surface area contributed by atoms with Crippen LogP contribution in [0.15, 0.2) is 24.3 Å². The molecule has 1 aromatic rings. The molecule has 0 aliphatic heterocycles. The first-order valence-corrected chi connectivity index (χ1v) is 7.79. The fourth-order valence-corrected chi connectivity index (χ4v) is 1.97. The molecule has 1 aromatic carbocycles. The summed E-state index contributed by atoms with van der Waals surface area (Å²) in [5, 5.41) is 8.76. The lowest BCUT2D eigenvalue weighted by Crippen LogP contribution is -2.11. The van der Waals surface area contributed by atoms with Crippen LogP contribution in [-0.2, 0) is 14.6 Å². The SMILES string of the molecule is CCCCCCCCC(=O)OOC(=O)c1ccc(C(=O)O)cc1. The minimum atomic E-state index is -1.09. The van der Waals surface area contributed by atoms with Gasteiger partial charge in [0.2, 0.25) is 0 Å². The maximum Gasteiger partial charge on any atom is 0.386 e. The second kappa shape index (κ2) is 10.4. The summed E-state index contributed by atoms with van der Waals surface area (Å²) in [7, 11) is 0. The van der Waals surface area contributed by atoms with Crippen LogP contribution >= 0.6 is 0 Å². The molecular weight excluding hydrogens is 300 g/mol. The Morgan fingerprint density at radius 3 is 2.04 bits per heavy atom. The summed E-state index contributed by atoms with van der Waals surface area (Å²) in [4.78, 5) is 42.7. The lowest BCUT2D eigenvalue weighted by atomic mass is 10.1. The Bertz CT molecular complexity index is 520. The zero-order valence-corrected chi connectivity index (χ0v) is 13.2. The number of hydrogen-bond acceptors (Lipinski definition) is 5. The molecule has 23 heavy (non-hydrogen) atoms. The van der Waals surface area contributed by atoms with E-state index in [0.29, 0.717) is 6.42 Å². The highest BCUT2D eigenvalue weighted by Crippen LogP contribution is 2.09. The summed E-state index contributed by atoms with van der Waals surface area (Å²) in [5.74, 6) is -2.51. The topological polar surface area (TPSA) is 89.9 Å². The lowest BCUT2D eigenvalue weighted by molar-refractivity contribution is -0.234. The lowest BCUT2D eigenvalue weighted by Gasteiger charge is -2.04. The second-order valence-electron chi connectivity index (χ2n) is 5.23. The van der Waals surface area contributed by atoms with E-state index in [4.69, 9.17) is 5.11 Å². The molecule has 126 valence electrons. The van der Waals surface area contributed by atoms with E-state index in [2.05, 4.69) is 16.7 Å². The first-order valence-electron chi connectivity index (χ1n) is 7.79. The van der Waals surface area contributed by atoms with E-state index >= 15 is 0 Å². The molecule has 0 saturated carbocycles. The molecular formula is C17H22O6. The van der Waals surface area contributed by atoms with E-state index in [0.717, 1.165) is 19.3 Å². The number of hydrogen-bond donors (Lipinski definition) is 1. The third-order valence-corrected chi connectivity index (χ3v) is 3.31. The Balaban J connectivity index is 2.24. The van der Waals surface area contributed by atoms with E-state index in [1.807, 2.05) is 0 Å². The summed E-state index contributed by atoms with van der Waals surface area (Å²) in [6.45, 7) is 2.14. The van der Waals surface area contributed by atoms with Gasteiger partial charge in [0.15, 0.2) is 0 Å². The van der Waals surface area contributed by atoms with Crippen LogP contribution in [0.1, 0.15) is 72.6 Å². The van der Waals surface area contributed by atoms with Crippen LogP contribution in [0.3, 0.4) is 0 Å². The molecule has 0 amide bonds. The number of carbonyl (C=O) groups excluding carboxylic acids is 2. The molecule has 0 saturated heterocycles. The van der Waals surface area contributed by atoms with Gasteiger partial charge in [-0.2, -0.15) is 0 Å². The summed E-state index contributed by atoms with van der Waals surface area (Å²) < 4.78 is 0. The van der Waals surface area contributed by atoms with Crippen molar-refractivity contribution < 1.29 is 29.3 Å². The van der Waals surface area contributed by atoms with Crippen molar-refractivity contribution in [1.82, 2.24) is 0 Å². The van der Waals surface area contributed by atoms with Gasteiger partial charge in [0.25, 0.3) is 0 Å². The molecule has 0 spiro atoms. The van der Waals surface area contributed by atoms with Gasteiger partial charge >= 0.3 is 17.9 Å². The van der Waals surface area contributed by atoms with Crippen LogP contribution in [0.5, 0.6) is 0 Å². The van der Waals surface area contributed by atoms with Crippen molar-refractivity contribution in [3.8, 4) is 0 Å². The highest BCUT2D eigenvalue weighted by Gasteiger charge is 2.13. The zero-order valence-electron chi connectivity index (χ0n) is 13.2. The fraction of sp³-hybridized carbons (Fsp3) is 0.471. The van der Waals surface area contributed by atoms with Gasteiger partial charge in [0.1, 0.15) is 0 Å². The van der Waals surface area contributed by atoms with Crippen LogP contribution in [0.2, 0.25) is 0 Å². The highest BCUT2D eigenvalue weighted by atomic mass is 17.2. The van der Waals surface area contributed by atoms with Crippen molar-refractivity contribution in [1.29, 1.82) is 0 Å². The first-order chi connectivity index (χ1) is 11.0. The Morgan fingerprint density at radius 1 is 0.870 bits per heavy atom. The molecule has 0 radical (unpaired) electrons. The molecule has 0 unspecified atom stereocenters. The Hall–Kier alpha value is -2.37. The largest absolute Gasteiger partial charge is 0.478 e. The minimum absolute atomic E-state index is 0.0571. The zero-order chi connectivity index (χ0) is 17.1. The molecule has 0 fully saturated rings. The van der Waals surface area contributed by atoms with Crippen LogP contribution < -0.4 is 0 Å². The average Bonchev–Trinajstić information content (AvgIpc) is 2.55. The summed E-state index contributed by atoms with van der Waals surface area (Å²) in [5.41, 5.74) is 0.170. The van der Waals surface area contributed by atoms with Crippen molar-refractivity contribution in [3.63, 3.8) is 0 Å². The van der Waals surface area contributed by atoms with Crippen LogP contribution in [-0.4, -0.2) is 23.0 Å². The number of aromatic carboxylic acids is 1. The van der Waals surface area contributed by atoms with E-state index in [1.165, 1.54) is 37.1 Å². The smallest absolute Gasteiger partial charge is 0.386 e. The van der Waals surface area contributed by atoms with Crippen LogP contribution in [0.25, 0.3) is 0 Å². The molecule has 6 nitrogen and oxygen atoms in total. The maximum absolute atomic E-state index is 11.6. The predicted octanol–water partition coefficient (Wildman–Crippen LogP) is 3.75. The Kier molecular flexibility index (Phi) is 8.42. The Morgan fingerprint density at radius 2 is 1.43 bits per heavy atom. The molecule has 6 heteroatoms. The number of carbonyl (C=O) groups is 3. The van der Waals surface area contributed by atoms with Crippen LogP contribution in [0.4, 0.5) is 0 Å². The quantitative estimate of drug-likeness (QED) is 0.423. The van der Waals surface area contributed by atoms with E-state index in [9.17, 15) is 14.4 Å². The maximum atomic E-state index is 11.6.